The van der Waals surface area contributed by atoms with Crippen LogP contribution in [0.25, 0.3) is 11.4 Å². The van der Waals surface area contributed by atoms with Crippen LogP contribution in [0.15, 0.2) is 29.4 Å². The lowest BCUT2D eigenvalue weighted by atomic mass is 10.2. The van der Waals surface area contributed by atoms with Crippen LogP contribution in [0.2, 0.25) is 0 Å². The van der Waals surface area contributed by atoms with Gasteiger partial charge in [0.05, 0.1) is 0 Å². The van der Waals surface area contributed by atoms with Crippen LogP contribution in [-0.2, 0) is 17.1 Å². The van der Waals surface area contributed by atoms with E-state index < -0.39 is 10.0 Å². The Balaban J connectivity index is 2.55. The van der Waals surface area contributed by atoms with Crippen molar-refractivity contribution in [1.82, 2.24) is 14.8 Å². The summed E-state index contributed by atoms with van der Waals surface area (Å²) in [6, 6.07) is 7.55. The molecule has 0 spiro atoms. The van der Waals surface area contributed by atoms with Gasteiger partial charge >= 0.3 is 0 Å². The van der Waals surface area contributed by atoms with Crippen LogP contribution in [0, 0.1) is 0 Å². The van der Waals surface area contributed by atoms with Crippen molar-refractivity contribution in [2.45, 2.75) is 5.16 Å². The highest BCUT2D eigenvalue weighted by Crippen LogP contribution is 2.23. The molecule has 0 aliphatic carbocycles. The van der Waals surface area contributed by atoms with Crippen molar-refractivity contribution in [3.05, 3.63) is 24.3 Å². The van der Waals surface area contributed by atoms with Crippen molar-refractivity contribution in [2.24, 2.45) is 12.2 Å². The molecule has 7 nitrogen and oxygen atoms in total. The second-order valence-corrected chi connectivity index (χ2v) is 5.81. The van der Waals surface area contributed by atoms with Gasteiger partial charge in [-0.2, -0.15) is 0 Å². The summed E-state index contributed by atoms with van der Waals surface area (Å²) in [6.45, 7) is 0. The molecule has 2 N–H and O–H groups in total. The van der Waals surface area contributed by atoms with Crippen molar-refractivity contribution in [3.8, 4) is 11.4 Å². The van der Waals surface area contributed by atoms with Crippen molar-refractivity contribution in [2.75, 3.05) is 19.0 Å². The molecule has 2 aromatic rings. The Hall–Kier alpha value is -1.93. The highest BCUT2D eigenvalue weighted by atomic mass is 32.2. The minimum atomic E-state index is -3.87. The van der Waals surface area contributed by atoms with Crippen LogP contribution >= 0.6 is 0 Å². The van der Waals surface area contributed by atoms with E-state index in [2.05, 4.69) is 10.2 Å². The molecule has 2 rings (SSSR count). The van der Waals surface area contributed by atoms with Crippen LogP contribution < -0.4 is 10.0 Å². The van der Waals surface area contributed by atoms with E-state index in [0.29, 0.717) is 5.82 Å². The summed E-state index contributed by atoms with van der Waals surface area (Å²) in [4.78, 5) is 1.94. The molecule has 0 saturated carbocycles. The van der Waals surface area contributed by atoms with Gasteiger partial charge in [0.15, 0.2) is 5.82 Å². The van der Waals surface area contributed by atoms with Gasteiger partial charge in [0.1, 0.15) is 0 Å². The standard InChI is InChI=1S/C11H15N5O2S/c1-15(2)9-6-4-5-8(7-9)10-13-14-11(16(10)3)19(12,17)18/h4-7H,1-3H3,(H2,12,17,18). The normalized spacial score (nSPS) is 11.6. The molecule has 8 heteroatoms. The van der Waals surface area contributed by atoms with Crippen molar-refractivity contribution < 1.29 is 8.42 Å². The zero-order valence-electron chi connectivity index (χ0n) is 10.9. The van der Waals surface area contributed by atoms with E-state index in [1.807, 2.05) is 43.3 Å². The summed E-state index contributed by atoms with van der Waals surface area (Å²) in [7, 11) is 1.54. The van der Waals surface area contributed by atoms with E-state index >= 15 is 0 Å². The second kappa shape index (κ2) is 4.63. The fourth-order valence-electron chi connectivity index (χ4n) is 1.74. The quantitative estimate of drug-likeness (QED) is 0.867. The first-order valence-corrected chi connectivity index (χ1v) is 7.05. The molecule has 0 aliphatic heterocycles. The fourth-order valence-corrected chi connectivity index (χ4v) is 2.36. The zero-order chi connectivity index (χ0) is 14.2. The van der Waals surface area contributed by atoms with E-state index in [-0.39, 0.29) is 5.16 Å². The first kappa shape index (κ1) is 13.5. The smallest absolute Gasteiger partial charge is 0.273 e. The lowest BCUT2D eigenvalue weighted by Crippen LogP contribution is -2.17. The molecule has 19 heavy (non-hydrogen) atoms. The Morgan fingerprint density at radius 2 is 1.95 bits per heavy atom. The average molecular weight is 281 g/mol. The lowest BCUT2D eigenvalue weighted by molar-refractivity contribution is 0.580. The third-order valence-electron chi connectivity index (χ3n) is 2.71. The van der Waals surface area contributed by atoms with Gasteiger partial charge in [0.25, 0.3) is 15.2 Å². The summed E-state index contributed by atoms with van der Waals surface area (Å²) in [5.41, 5.74) is 1.76. The van der Waals surface area contributed by atoms with Gasteiger partial charge in [0, 0.05) is 32.4 Å². The molecule has 1 aromatic heterocycles. The van der Waals surface area contributed by atoms with Gasteiger partial charge in [0.2, 0.25) is 0 Å². The molecule has 1 heterocycles. The number of nitrogens with two attached hydrogens (primary N) is 1. The predicted molar refractivity (Wildman–Crippen MR) is 72.1 cm³/mol. The Labute approximate surface area is 111 Å². The number of rotatable bonds is 3. The predicted octanol–water partition coefficient (Wildman–Crippen LogP) is 0.195. The Bertz CT molecular complexity index is 706. The number of aromatic nitrogens is 3. The summed E-state index contributed by atoms with van der Waals surface area (Å²) in [6.07, 6.45) is 0. The average Bonchev–Trinajstić information content (AvgIpc) is 2.71. The van der Waals surface area contributed by atoms with Gasteiger partial charge in [-0.05, 0) is 12.1 Å². The van der Waals surface area contributed by atoms with E-state index in [4.69, 9.17) is 5.14 Å². The number of hydrogen-bond donors (Lipinski definition) is 1. The molecule has 0 fully saturated rings. The van der Waals surface area contributed by atoms with Crippen LogP contribution in [0.1, 0.15) is 0 Å². The third-order valence-corrected chi connectivity index (χ3v) is 3.57. The molecule has 0 aliphatic rings. The first-order chi connectivity index (χ1) is 8.80. The van der Waals surface area contributed by atoms with Crippen molar-refractivity contribution >= 4 is 15.7 Å². The Kier molecular flexibility index (Phi) is 3.29. The fraction of sp³-hybridized carbons (Fsp3) is 0.273. The van der Waals surface area contributed by atoms with Gasteiger partial charge in [-0.25, -0.2) is 13.6 Å². The number of nitrogens with zero attached hydrogens (tertiary/aromatic N) is 4. The van der Waals surface area contributed by atoms with Crippen LogP contribution in [-0.4, -0.2) is 37.3 Å². The number of sulfonamides is 1. The SMILES string of the molecule is CN(C)c1cccc(-c2nnc(S(N)(=O)=O)n2C)c1. The summed E-state index contributed by atoms with van der Waals surface area (Å²) >= 11 is 0. The molecule has 1 aromatic carbocycles. The molecule has 0 radical (unpaired) electrons. The molecular formula is C11H15N5O2S. The lowest BCUT2D eigenvalue weighted by Gasteiger charge is -2.13. The third kappa shape index (κ3) is 2.59. The van der Waals surface area contributed by atoms with Gasteiger partial charge in [-0.15, -0.1) is 10.2 Å². The van der Waals surface area contributed by atoms with Gasteiger partial charge < -0.3 is 4.90 Å². The molecule has 0 bridgehead atoms. The number of benzene rings is 1. The highest BCUT2D eigenvalue weighted by Gasteiger charge is 2.19. The maximum atomic E-state index is 11.3. The summed E-state index contributed by atoms with van der Waals surface area (Å²) in [5.74, 6) is 0.452. The van der Waals surface area contributed by atoms with E-state index in [1.165, 1.54) is 4.57 Å². The van der Waals surface area contributed by atoms with Gasteiger partial charge in [-0.3, -0.25) is 4.57 Å². The summed E-state index contributed by atoms with van der Waals surface area (Å²) in [5, 5.41) is 12.3. The minimum Gasteiger partial charge on any atom is -0.378 e. The topological polar surface area (TPSA) is 94.1 Å². The molecule has 0 saturated heterocycles. The summed E-state index contributed by atoms with van der Waals surface area (Å²) < 4.78 is 24.0. The Morgan fingerprint density at radius 3 is 2.47 bits per heavy atom. The largest absolute Gasteiger partial charge is 0.378 e. The number of primary sulfonamides is 1. The molecule has 0 atom stereocenters. The van der Waals surface area contributed by atoms with E-state index in [0.717, 1.165) is 11.3 Å². The maximum Gasteiger partial charge on any atom is 0.273 e. The van der Waals surface area contributed by atoms with Crippen LogP contribution in [0.4, 0.5) is 5.69 Å². The monoisotopic (exact) mass is 281 g/mol. The van der Waals surface area contributed by atoms with Crippen molar-refractivity contribution in [1.29, 1.82) is 0 Å². The van der Waals surface area contributed by atoms with Gasteiger partial charge in [-0.1, -0.05) is 12.1 Å². The molecule has 0 amide bonds. The first-order valence-electron chi connectivity index (χ1n) is 5.50. The van der Waals surface area contributed by atoms with E-state index in [1.54, 1.807) is 7.05 Å². The number of anilines is 1. The molecule has 102 valence electrons. The van der Waals surface area contributed by atoms with Crippen LogP contribution in [0.5, 0.6) is 0 Å². The van der Waals surface area contributed by atoms with E-state index in [9.17, 15) is 8.42 Å². The highest BCUT2D eigenvalue weighted by molar-refractivity contribution is 7.89. The minimum absolute atomic E-state index is 0.252. The molecule has 0 unspecified atom stereocenters. The second-order valence-electron chi connectivity index (χ2n) is 4.35. The Morgan fingerprint density at radius 1 is 1.26 bits per heavy atom. The van der Waals surface area contributed by atoms with Crippen molar-refractivity contribution in [3.63, 3.8) is 0 Å². The van der Waals surface area contributed by atoms with Crippen LogP contribution in [0.3, 0.4) is 0 Å². The maximum absolute atomic E-state index is 11.3. The zero-order valence-corrected chi connectivity index (χ0v) is 11.7. The number of hydrogen-bond acceptors (Lipinski definition) is 5. The molecular weight excluding hydrogens is 266 g/mol.